The Bertz CT molecular complexity index is 851. The molecule has 0 radical (unpaired) electrons. The van der Waals surface area contributed by atoms with Gasteiger partial charge < -0.3 is 15.0 Å². The summed E-state index contributed by atoms with van der Waals surface area (Å²) in [6, 6.07) is 13.4. The fourth-order valence-electron chi connectivity index (χ4n) is 2.57. The van der Waals surface area contributed by atoms with Crippen LogP contribution in [0.2, 0.25) is 5.02 Å². The molecule has 0 bridgehead atoms. The van der Waals surface area contributed by atoms with E-state index in [1.165, 1.54) is 0 Å². The molecule has 0 unspecified atom stereocenters. The van der Waals surface area contributed by atoms with E-state index in [0.29, 0.717) is 29.0 Å². The molecular formula is C20H19ClN4OS. The minimum atomic E-state index is 0.524. The van der Waals surface area contributed by atoms with Crippen molar-refractivity contribution in [3.8, 4) is 5.75 Å². The maximum atomic E-state index is 6.21. The number of benzene rings is 1. The molecule has 1 aromatic carbocycles. The lowest BCUT2D eigenvalue weighted by Gasteiger charge is -2.26. The highest BCUT2D eigenvalue weighted by molar-refractivity contribution is 7.80. The molecule has 0 saturated carbocycles. The summed E-state index contributed by atoms with van der Waals surface area (Å²) in [5.74, 6) is 0.621. The Hall–Kier alpha value is -2.70. The minimum Gasteiger partial charge on any atom is -0.495 e. The van der Waals surface area contributed by atoms with Crippen molar-refractivity contribution < 1.29 is 4.74 Å². The third-order valence-corrected chi connectivity index (χ3v) is 4.54. The number of thiocarbonyl (C=S) groups is 1. The number of hydrogen-bond donors (Lipinski definition) is 1. The second-order valence-electron chi connectivity index (χ2n) is 5.86. The van der Waals surface area contributed by atoms with E-state index in [0.717, 1.165) is 16.8 Å². The van der Waals surface area contributed by atoms with Gasteiger partial charge in [-0.2, -0.15) is 0 Å². The molecule has 0 fully saturated rings. The van der Waals surface area contributed by atoms with Gasteiger partial charge in [-0.1, -0.05) is 23.7 Å². The van der Waals surface area contributed by atoms with Crippen LogP contribution >= 0.6 is 23.8 Å². The number of nitrogens with zero attached hydrogens (tertiary/aromatic N) is 3. The lowest BCUT2D eigenvalue weighted by molar-refractivity contribution is 0.411. The van der Waals surface area contributed by atoms with Crippen LogP contribution in [0.5, 0.6) is 5.75 Å². The zero-order valence-electron chi connectivity index (χ0n) is 14.8. The number of hydrogen-bond acceptors (Lipinski definition) is 4. The number of rotatable bonds is 6. The molecule has 1 N–H and O–H groups in total. The van der Waals surface area contributed by atoms with Crippen molar-refractivity contribution in [1.82, 2.24) is 14.9 Å². The van der Waals surface area contributed by atoms with Crippen molar-refractivity contribution in [1.29, 1.82) is 0 Å². The minimum absolute atomic E-state index is 0.524. The largest absolute Gasteiger partial charge is 0.495 e. The number of aromatic nitrogens is 2. The van der Waals surface area contributed by atoms with E-state index >= 15 is 0 Å². The SMILES string of the molecule is COc1ccc(NC(=S)N(Cc2cccnc2)Cc2cccnc2)cc1Cl. The maximum absolute atomic E-state index is 6.21. The molecule has 7 heteroatoms. The monoisotopic (exact) mass is 398 g/mol. The van der Waals surface area contributed by atoms with Crippen molar-refractivity contribution in [2.24, 2.45) is 0 Å². The van der Waals surface area contributed by atoms with Gasteiger partial charge in [-0.25, -0.2) is 0 Å². The van der Waals surface area contributed by atoms with Gasteiger partial charge in [0.2, 0.25) is 0 Å². The third-order valence-electron chi connectivity index (χ3n) is 3.88. The third kappa shape index (κ3) is 5.39. The number of anilines is 1. The predicted octanol–water partition coefficient (Wildman–Crippen LogP) is 4.54. The van der Waals surface area contributed by atoms with Crippen LogP contribution in [0.1, 0.15) is 11.1 Å². The van der Waals surface area contributed by atoms with Gasteiger partial charge in [-0.15, -0.1) is 0 Å². The van der Waals surface area contributed by atoms with Crippen LogP contribution in [0.4, 0.5) is 5.69 Å². The Balaban J connectivity index is 1.78. The molecule has 3 rings (SSSR count). The van der Waals surface area contributed by atoms with Gasteiger partial charge in [0.25, 0.3) is 0 Å². The predicted molar refractivity (Wildman–Crippen MR) is 112 cm³/mol. The van der Waals surface area contributed by atoms with Crippen molar-refractivity contribution in [2.75, 3.05) is 12.4 Å². The molecule has 2 aromatic heterocycles. The summed E-state index contributed by atoms with van der Waals surface area (Å²) in [6.07, 6.45) is 7.18. The van der Waals surface area contributed by atoms with E-state index in [1.54, 1.807) is 31.6 Å². The second-order valence-corrected chi connectivity index (χ2v) is 6.65. The molecule has 5 nitrogen and oxygen atoms in total. The van der Waals surface area contributed by atoms with E-state index in [-0.39, 0.29) is 0 Å². The second kappa shape index (κ2) is 9.30. The molecule has 0 atom stereocenters. The highest BCUT2D eigenvalue weighted by Crippen LogP contribution is 2.27. The van der Waals surface area contributed by atoms with Gasteiger partial charge >= 0.3 is 0 Å². The first-order valence-electron chi connectivity index (χ1n) is 8.33. The zero-order valence-corrected chi connectivity index (χ0v) is 16.4. The van der Waals surface area contributed by atoms with Crippen LogP contribution < -0.4 is 10.1 Å². The average molecular weight is 399 g/mol. The average Bonchev–Trinajstić information content (AvgIpc) is 2.69. The van der Waals surface area contributed by atoms with Crippen molar-refractivity contribution in [3.05, 3.63) is 83.4 Å². The summed E-state index contributed by atoms with van der Waals surface area (Å²) in [7, 11) is 1.59. The summed E-state index contributed by atoms with van der Waals surface area (Å²) in [5.41, 5.74) is 2.93. The molecule has 2 heterocycles. The van der Waals surface area contributed by atoms with E-state index in [4.69, 9.17) is 28.6 Å². The number of nitrogens with one attached hydrogen (secondary N) is 1. The van der Waals surface area contributed by atoms with Gasteiger partial charge in [0.15, 0.2) is 5.11 Å². The Morgan fingerprint density at radius 1 is 1.07 bits per heavy atom. The number of ether oxygens (including phenoxy) is 1. The van der Waals surface area contributed by atoms with Crippen molar-refractivity contribution >= 4 is 34.6 Å². The van der Waals surface area contributed by atoms with E-state index in [1.807, 2.05) is 42.7 Å². The molecule has 138 valence electrons. The first-order chi connectivity index (χ1) is 13.2. The zero-order chi connectivity index (χ0) is 19.1. The van der Waals surface area contributed by atoms with E-state index in [9.17, 15) is 0 Å². The van der Waals surface area contributed by atoms with E-state index < -0.39 is 0 Å². The highest BCUT2D eigenvalue weighted by atomic mass is 35.5. The Kier molecular flexibility index (Phi) is 6.57. The summed E-state index contributed by atoms with van der Waals surface area (Å²) in [5, 5.41) is 4.36. The van der Waals surface area contributed by atoms with Gasteiger partial charge in [0.05, 0.1) is 12.1 Å². The summed E-state index contributed by atoms with van der Waals surface area (Å²) >= 11 is 11.9. The smallest absolute Gasteiger partial charge is 0.174 e. The standard InChI is InChI=1S/C20H19ClN4OS/c1-26-19-7-6-17(10-18(19)21)24-20(27)25(13-15-4-2-8-22-11-15)14-16-5-3-9-23-12-16/h2-12H,13-14H2,1H3,(H,24,27). The molecule has 3 aromatic rings. The molecule has 0 aliphatic rings. The van der Waals surface area contributed by atoms with Gasteiger partial charge in [0, 0.05) is 43.6 Å². The van der Waals surface area contributed by atoms with Gasteiger partial charge in [0.1, 0.15) is 5.75 Å². The number of methoxy groups -OCH3 is 1. The van der Waals surface area contributed by atoms with Crippen LogP contribution in [-0.4, -0.2) is 27.1 Å². The highest BCUT2D eigenvalue weighted by Gasteiger charge is 2.13. The van der Waals surface area contributed by atoms with Crippen LogP contribution in [0, 0.1) is 0 Å². The van der Waals surface area contributed by atoms with Gasteiger partial charge in [-0.05, 0) is 53.7 Å². The quantitative estimate of drug-likeness (QED) is 0.615. The summed E-state index contributed by atoms with van der Waals surface area (Å²) < 4.78 is 5.19. The summed E-state index contributed by atoms with van der Waals surface area (Å²) in [6.45, 7) is 1.25. The van der Waals surface area contributed by atoms with Crippen LogP contribution in [0.15, 0.2) is 67.3 Å². The lowest BCUT2D eigenvalue weighted by Crippen LogP contribution is -2.33. The van der Waals surface area contributed by atoms with Crippen LogP contribution in [0.3, 0.4) is 0 Å². The van der Waals surface area contributed by atoms with Gasteiger partial charge in [-0.3, -0.25) is 9.97 Å². The first kappa shape index (κ1) is 19.1. The van der Waals surface area contributed by atoms with Crippen LogP contribution in [-0.2, 0) is 13.1 Å². The molecule has 0 amide bonds. The Morgan fingerprint density at radius 3 is 2.19 bits per heavy atom. The molecule has 0 saturated heterocycles. The fraction of sp³-hybridized carbons (Fsp3) is 0.150. The Labute approximate surface area is 169 Å². The molecule has 0 spiro atoms. The topological polar surface area (TPSA) is 50.3 Å². The molecular weight excluding hydrogens is 380 g/mol. The first-order valence-corrected chi connectivity index (χ1v) is 9.11. The maximum Gasteiger partial charge on any atom is 0.174 e. The number of pyridine rings is 2. The molecule has 0 aliphatic carbocycles. The van der Waals surface area contributed by atoms with Crippen LogP contribution in [0.25, 0.3) is 0 Å². The fourth-order valence-corrected chi connectivity index (χ4v) is 3.07. The summed E-state index contributed by atoms with van der Waals surface area (Å²) in [4.78, 5) is 10.4. The lowest BCUT2D eigenvalue weighted by atomic mass is 10.2. The molecule has 0 aliphatic heterocycles. The Morgan fingerprint density at radius 2 is 1.70 bits per heavy atom. The van der Waals surface area contributed by atoms with Crippen molar-refractivity contribution in [2.45, 2.75) is 13.1 Å². The van der Waals surface area contributed by atoms with Crippen molar-refractivity contribution in [3.63, 3.8) is 0 Å². The molecule has 27 heavy (non-hydrogen) atoms. The normalized spacial score (nSPS) is 10.3. The number of halogens is 1. The van der Waals surface area contributed by atoms with E-state index in [2.05, 4.69) is 20.2 Å².